The second-order valence-electron chi connectivity index (χ2n) is 5.09. The smallest absolute Gasteiger partial charge is 0.151 e. The molecule has 0 aliphatic heterocycles. The molecule has 6 heteroatoms. The van der Waals surface area contributed by atoms with Gasteiger partial charge in [-0.15, -0.1) is 10.2 Å². The van der Waals surface area contributed by atoms with Gasteiger partial charge < -0.3 is 14.8 Å². The molecule has 114 valence electrons. The molecule has 0 unspecified atom stereocenters. The van der Waals surface area contributed by atoms with E-state index in [9.17, 15) is 0 Å². The van der Waals surface area contributed by atoms with Gasteiger partial charge in [0.2, 0.25) is 0 Å². The van der Waals surface area contributed by atoms with Crippen LogP contribution in [-0.2, 0) is 6.54 Å². The fourth-order valence-electron chi connectivity index (χ4n) is 1.88. The van der Waals surface area contributed by atoms with Crippen molar-refractivity contribution in [2.24, 2.45) is 5.92 Å². The number of rotatable bonds is 7. The van der Waals surface area contributed by atoms with Gasteiger partial charge in [-0.05, 0) is 24.6 Å². The van der Waals surface area contributed by atoms with Gasteiger partial charge in [0, 0.05) is 12.6 Å². The zero-order valence-electron chi connectivity index (χ0n) is 12.8. The first kappa shape index (κ1) is 15.7. The third kappa shape index (κ3) is 4.15. The molecule has 0 atom stereocenters. The Labute approximate surface area is 129 Å². The zero-order chi connectivity index (χ0) is 15.2. The van der Waals surface area contributed by atoms with Crippen LogP contribution in [-0.4, -0.2) is 31.0 Å². The Balaban J connectivity index is 2.13. The van der Waals surface area contributed by atoms with E-state index in [1.807, 2.05) is 18.2 Å². The highest BCUT2D eigenvalue weighted by Crippen LogP contribution is 2.34. The number of benzene rings is 1. The van der Waals surface area contributed by atoms with Crippen LogP contribution in [0.2, 0.25) is 0 Å². The van der Waals surface area contributed by atoms with E-state index in [-0.39, 0.29) is 0 Å². The van der Waals surface area contributed by atoms with Gasteiger partial charge in [0.15, 0.2) is 5.01 Å². The van der Waals surface area contributed by atoms with E-state index in [1.165, 1.54) is 0 Å². The van der Waals surface area contributed by atoms with Gasteiger partial charge in [-0.3, -0.25) is 0 Å². The van der Waals surface area contributed by atoms with Crippen LogP contribution in [0.5, 0.6) is 11.5 Å². The minimum atomic E-state index is 0.624. The topological polar surface area (TPSA) is 56.3 Å². The molecule has 21 heavy (non-hydrogen) atoms. The molecule has 1 N–H and O–H groups in total. The Morgan fingerprint density at radius 3 is 2.67 bits per heavy atom. The molecule has 0 saturated heterocycles. The van der Waals surface area contributed by atoms with Crippen LogP contribution >= 0.6 is 11.3 Å². The number of aromatic nitrogens is 2. The lowest BCUT2D eigenvalue weighted by atomic mass is 10.2. The number of nitrogens with one attached hydrogen (secondary N) is 1. The standard InChI is InChI=1S/C15H21N3O2S/c1-10(2)8-16-9-14-17-18-15(21-14)12-6-5-11(19-3)7-13(12)20-4/h5-7,10,16H,8-9H2,1-4H3. The van der Waals surface area contributed by atoms with Crippen molar-refractivity contribution in [3.63, 3.8) is 0 Å². The van der Waals surface area contributed by atoms with Crippen molar-refractivity contribution < 1.29 is 9.47 Å². The average molecular weight is 307 g/mol. The maximum absolute atomic E-state index is 5.41. The van der Waals surface area contributed by atoms with Gasteiger partial charge in [-0.2, -0.15) is 0 Å². The van der Waals surface area contributed by atoms with Crippen LogP contribution in [0.15, 0.2) is 18.2 Å². The van der Waals surface area contributed by atoms with Crippen molar-refractivity contribution in [1.82, 2.24) is 15.5 Å². The molecule has 2 aromatic rings. The summed E-state index contributed by atoms with van der Waals surface area (Å²) in [6, 6.07) is 5.70. The van der Waals surface area contributed by atoms with Crippen LogP contribution in [0.3, 0.4) is 0 Å². The maximum atomic E-state index is 5.41. The zero-order valence-corrected chi connectivity index (χ0v) is 13.7. The molecule has 5 nitrogen and oxygen atoms in total. The molecule has 0 fully saturated rings. The Morgan fingerprint density at radius 1 is 1.19 bits per heavy atom. The van der Waals surface area contributed by atoms with Gasteiger partial charge in [0.25, 0.3) is 0 Å². The van der Waals surface area contributed by atoms with E-state index in [4.69, 9.17) is 9.47 Å². The molecule has 1 aromatic carbocycles. The van der Waals surface area contributed by atoms with Crippen molar-refractivity contribution in [3.05, 3.63) is 23.2 Å². The summed E-state index contributed by atoms with van der Waals surface area (Å²) in [5, 5.41) is 13.7. The Kier molecular flexibility index (Phi) is 5.52. The van der Waals surface area contributed by atoms with Crippen molar-refractivity contribution >= 4 is 11.3 Å². The molecular formula is C15H21N3O2S. The highest BCUT2D eigenvalue weighted by atomic mass is 32.1. The number of hydrogen-bond donors (Lipinski definition) is 1. The van der Waals surface area contributed by atoms with E-state index in [1.54, 1.807) is 25.6 Å². The number of hydrogen-bond acceptors (Lipinski definition) is 6. The number of nitrogens with zero attached hydrogens (tertiary/aromatic N) is 2. The first-order valence-electron chi connectivity index (χ1n) is 6.89. The SMILES string of the molecule is COc1ccc(-c2nnc(CNCC(C)C)s2)c(OC)c1. The molecule has 0 spiro atoms. The number of ether oxygens (including phenoxy) is 2. The Bertz CT molecular complexity index is 584. The highest BCUT2D eigenvalue weighted by Gasteiger charge is 2.12. The van der Waals surface area contributed by atoms with Crippen LogP contribution in [0, 0.1) is 5.92 Å². The van der Waals surface area contributed by atoms with Crippen molar-refractivity contribution in [3.8, 4) is 22.1 Å². The molecule has 2 rings (SSSR count). The monoisotopic (exact) mass is 307 g/mol. The van der Waals surface area contributed by atoms with Crippen molar-refractivity contribution in [2.75, 3.05) is 20.8 Å². The highest BCUT2D eigenvalue weighted by molar-refractivity contribution is 7.14. The van der Waals surface area contributed by atoms with E-state index < -0.39 is 0 Å². The number of methoxy groups -OCH3 is 2. The molecule has 1 heterocycles. The van der Waals surface area contributed by atoms with Gasteiger partial charge in [-0.1, -0.05) is 25.2 Å². The molecule has 0 bridgehead atoms. The van der Waals surface area contributed by atoms with E-state index in [0.29, 0.717) is 5.92 Å². The van der Waals surface area contributed by atoms with Crippen molar-refractivity contribution in [2.45, 2.75) is 20.4 Å². The summed E-state index contributed by atoms with van der Waals surface area (Å²) >= 11 is 1.58. The Morgan fingerprint density at radius 2 is 2.00 bits per heavy atom. The van der Waals surface area contributed by atoms with Crippen LogP contribution in [0.25, 0.3) is 10.6 Å². The molecule has 0 radical (unpaired) electrons. The van der Waals surface area contributed by atoms with Crippen LogP contribution in [0.4, 0.5) is 0 Å². The van der Waals surface area contributed by atoms with Crippen LogP contribution < -0.4 is 14.8 Å². The maximum Gasteiger partial charge on any atom is 0.151 e. The fraction of sp³-hybridized carbons (Fsp3) is 0.467. The van der Waals surface area contributed by atoms with Gasteiger partial charge in [0.1, 0.15) is 16.5 Å². The minimum absolute atomic E-state index is 0.624. The van der Waals surface area contributed by atoms with Crippen molar-refractivity contribution in [1.29, 1.82) is 0 Å². The quantitative estimate of drug-likeness (QED) is 0.852. The normalized spacial score (nSPS) is 10.9. The lowest BCUT2D eigenvalue weighted by Gasteiger charge is -2.07. The summed E-state index contributed by atoms with van der Waals surface area (Å²) in [5.74, 6) is 2.13. The minimum Gasteiger partial charge on any atom is -0.497 e. The van der Waals surface area contributed by atoms with Gasteiger partial charge >= 0.3 is 0 Å². The molecule has 0 aliphatic rings. The summed E-state index contributed by atoms with van der Waals surface area (Å²) in [4.78, 5) is 0. The van der Waals surface area contributed by atoms with Gasteiger partial charge in [-0.25, -0.2) is 0 Å². The van der Waals surface area contributed by atoms with Gasteiger partial charge in [0.05, 0.1) is 19.8 Å². The lowest BCUT2D eigenvalue weighted by molar-refractivity contribution is 0.395. The second kappa shape index (κ2) is 7.38. The summed E-state index contributed by atoms with van der Waals surface area (Å²) in [6.07, 6.45) is 0. The summed E-state index contributed by atoms with van der Waals surface area (Å²) < 4.78 is 10.6. The molecule has 0 aliphatic carbocycles. The lowest BCUT2D eigenvalue weighted by Crippen LogP contribution is -2.18. The van der Waals surface area contributed by atoms with E-state index >= 15 is 0 Å². The van der Waals surface area contributed by atoms with E-state index in [0.717, 1.165) is 40.2 Å². The molecule has 0 amide bonds. The van der Waals surface area contributed by atoms with Crippen LogP contribution in [0.1, 0.15) is 18.9 Å². The first-order chi connectivity index (χ1) is 10.1. The fourth-order valence-corrected chi connectivity index (χ4v) is 2.72. The predicted molar refractivity (Wildman–Crippen MR) is 85.0 cm³/mol. The average Bonchev–Trinajstić information content (AvgIpc) is 2.94. The molecule has 0 saturated carbocycles. The third-order valence-corrected chi connectivity index (χ3v) is 3.89. The first-order valence-corrected chi connectivity index (χ1v) is 7.71. The molecular weight excluding hydrogens is 286 g/mol. The third-order valence-electron chi connectivity index (χ3n) is 2.93. The summed E-state index contributed by atoms with van der Waals surface area (Å²) in [6.45, 7) is 6.08. The summed E-state index contributed by atoms with van der Waals surface area (Å²) in [7, 11) is 3.28. The Hall–Kier alpha value is -1.66. The van der Waals surface area contributed by atoms with E-state index in [2.05, 4.69) is 29.4 Å². The molecule has 1 aromatic heterocycles. The second-order valence-corrected chi connectivity index (χ2v) is 6.15. The predicted octanol–water partition coefficient (Wildman–Crippen LogP) is 2.97. The summed E-state index contributed by atoms with van der Waals surface area (Å²) in [5.41, 5.74) is 0.936. The largest absolute Gasteiger partial charge is 0.497 e.